The lowest BCUT2D eigenvalue weighted by Crippen LogP contribution is -2.24. The molecule has 0 fully saturated rings. The molecule has 3 heteroatoms. The number of hydrogen-bond acceptors (Lipinski definition) is 2. The SMILES string of the molecule is CCCN(Cc1ccnc2ccccc12)c1ccccc1F. The van der Waals surface area contributed by atoms with E-state index in [1.807, 2.05) is 42.6 Å². The van der Waals surface area contributed by atoms with Crippen molar-refractivity contribution in [1.82, 2.24) is 4.98 Å². The predicted molar refractivity (Wildman–Crippen MR) is 89.5 cm³/mol. The van der Waals surface area contributed by atoms with Crippen molar-refractivity contribution in [3.05, 3.63) is 72.2 Å². The molecule has 1 aromatic heterocycles. The zero-order valence-electron chi connectivity index (χ0n) is 12.7. The number of rotatable bonds is 5. The summed E-state index contributed by atoms with van der Waals surface area (Å²) in [6.07, 6.45) is 2.79. The molecule has 3 rings (SSSR count). The molecule has 0 atom stereocenters. The molecule has 22 heavy (non-hydrogen) atoms. The molecule has 112 valence electrons. The molecule has 0 amide bonds. The monoisotopic (exact) mass is 294 g/mol. The molecule has 0 radical (unpaired) electrons. The van der Waals surface area contributed by atoms with Crippen molar-refractivity contribution in [3.8, 4) is 0 Å². The number of anilines is 1. The number of nitrogens with zero attached hydrogens (tertiary/aromatic N) is 2. The van der Waals surface area contributed by atoms with Crippen LogP contribution >= 0.6 is 0 Å². The Morgan fingerprint density at radius 2 is 1.77 bits per heavy atom. The summed E-state index contributed by atoms with van der Waals surface area (Å²) in [5.41, 5.74) is 2.80. The highest BCUT2D eigenvalue weighted by Gasteiger charge is 2.12. The maximum absolute atomic E-state index is 14.1. The number of pyridine rings is 1. The Kier molecular flexibility index (Phi) is 4.33. The van der Waals surface area contributed by atoms with E-state index in [0.717, 1.165) is 23.9 Å². The highest BCUT2D eigenvalue weighted by molar-refractivity contribution is 5.82. The number of para-hydroxylation sites is 2. The largest absolute Gasteiger partial charge is 0.365 e. The van der Waals surface area contributed by atoms with Gasteiger partial charge in [-0.1, -0.05) is 37.3 Å². The van der Waals surface area contributed by atoms with Crippen LogP contribution in [0.1, 0.15) is 18.9 Å². The summed E-state index contributed by atoms with van der Waals surface area (Å²) in [6, 6.07) is 17.1. The van der Waals surface area contributed by atoms with Crippen molar-refractivity contribution in [2.45, 2.75) is 19.9 Å². The van der Waals surface area contributed by atoms with E-state index in [1.54, 1.807) is 6.07 Å². The molecule has 0 N–H and O–H groups in total. The van der Waals surface area contributed by atoms with E-state index in [4.69, 9.17) is 0 Å². The van der Waals surface area contributed by atoms with Crippen LogP contribution in [-0.2, 0) is 6.54 Å². The van der Waals surface area contributed by atoms with Crippen LogP contribution in [-0.4, -0.2) is 11.5 Å². The van der Waals surface area contributed by atoms with Crippen molar-refractivity contribution in [2.24, 2.45) is 0 Å². The van der Waals surface area contributed by atoms with Crippen molar-refractivity contribution < 1.29 is 4.39 Å². The molecule has 0 aliphatic heterocycles. The van der Waals surface area contributed by atoms with Gasteiger partial charge in [0.15, 0.2) is 0 Å². The summed E-state index contributed by atoms with van der Waals surface area (Å²) in [7, 11) is 0. The van der Waals surface area contributed by atoms with Crippen LogP contribution in [0, 0.1) is 5.82 Å². The number of halogens is 1. The summed E-state index contributed by atoms with van der Waals surface area (Å²) in [5.74, 6) is -0.172. The lowest BCUT2D eigenvalue weighted by atomic mass is 10.1. The molecule has 0 aliphatic rings. The van der Waals surface area contributed by atoms with E-state index in [-0.39, 0.29) is 5.82 Å². The van der Waals surface area contributed by atoms with Gasteiger partial charge in [0, 0.05) is 24.7 Å². The van der Waals surface area contributed by atoms with Gasteiger partial charge < -0.3 is 4.90 Å². The Bertz CT molecular complexity index is 765. The van der Waals surface area contributed by atoms with Gasteiger partial charge in [-0.15, -0.1) is 0 Å². The highest BCUT2D eigenvalue weighted by Crippen LogP contribution is 2.24. The van der Waals surface area contributed by atoms with Gasteiger partial charge in [0.1, 0.15) is 5.82 Å². The molecule has 0 saturated heterocycles. The highest BCUT2D eigenvalue weighted by atomic mass is 19.1. The van der Waals surface area contributed by atoms with Crippen LogP contribution in [0.25, 0.3) is 10.9 Å². The molecule has 1 heterocycles. The van der Waals surface area contributed by atoms with Crippen molar-refractivity contribution in [3.63, 3.8) is 0 Å². The second-order valence-electron chi connectivity index (χ2n) is 5.36. The van der Waals surface area contributed by atoms with Crippen LogP contribution in [0.4, 0.5) is 10.1 Å². The van der Waals surface area contributed by atoms with Crippen LogP contribution in [0.15, 0.2) is 60.8 Å². The average molecular weight is 294 g/mol. The van der Waals surface area contributed by atoms with E-state index in [0.29, 0.717) is 12.2 Å². The molecule has 3 aromatic rings. The molecule has 0 bridgehead atoms. The Morgan fingerprint density at radius 3 is 2.59 bits per heavy atom. The third-order valence-corrected chi connectivity index (χ3v) is 3.79. The average Bonchev–Trinajstić information content (AvgIpc) is 2.55. The van der Waals surface area contributed by atoms with E-state index >= 15 is 0 Å². The topological polar surface area (TPSA) is 16.1 Å². The number of aromatic nitrogens is 1. The van der Waals surface area contributed by atoms with Crippen LogP contribution in [0.2, 0.25) is 0 Å². The first-order valence-corrected chi connectivity index (χ1v) is 7.61. The molecule has 0 unspecified atom stereocenters. The minimum absolute atomic E-state index is 0.172. The maximum atomic E-state index is 14.1. The van der Waals surface area contributed by atoms with E-state index in [9.17, 15) is 4.39 Å². The first kappa shape index (κ1) is 14.5. The van der Waals surface area contributed by atoms with Gasteiger partial charge in [-0.25, -0.2) is 4.39 Å². The normalized spacial score (nSPS) is 10.8. The smallest absolute Gasteiger partial charge is 0.146 e. The lowest BCUT2D eigenvalue weighted by molar-refractivity contribution is 0.614. The standard InChI is InChI=1S/C19H19FN2/c1-2-13-22(19-10-6-4-8-17(19)20)14-15-11-12-21-18-9-5-3-7-16(15)18/h3-12H,2,13-14H2,1H3. The first-order chi connectivity index (χ1) is 10.8. The molecular weight excluding hydrogens is 275 g/mol. The minimum Gasteiger partial charge on any atom is -0.365 e. The Morgan fingerprint density at radius 1 is 1.00 bits per heavy atom. The Balaban J connectivity index is 1.98. The minimum atomic E-state index is -0.172. The fourth-order valence-corrected chi connectivity index (χ4v) is 2.76. The summed E-state index contributed by atoms with van der Waals surface area (Å²) in [5, 5.41) is 1.13. The zero-order valence-corrected chi connectivity index (χ0v) is 12.7. The van der Waals surface area contributed by atoms with Crippen molar-refractivity contribution in [2.75, 3.05) is 11.4 Å². The van der Waals surface area contributed by atoms with Crippen LogP contribution < -0.4 is 4.90 Å². The molecule has 0 spiro atoms. The fourth-order valence-electron chi connectivity index (χ4n) is 2.76. The van der Waals surface area contributed by atoms with Crippen molar-refractivity contribution >= 4 is 16.6 Å². The zero-order chi connectivity index (χ0) is 15.4. The third-order valence-electron chi connectivity index (χ3n) is 3.79. The lowest BCUT2D eigenvalue weighted by Gasteiger charge is -2.25. The number of benzene rings is 2. The summed E-state index contributed by atoms with van der Waals surface area (Å²) < 4.78 is 14.1. The second-order valence-corrected chi connectivity index (χ2v) is 5.36. The Hall–Kier alpha value is -2.42. The van der Waals surface area contributed by atoms with Crippen LogP contribution in [0.3, 0.4) is 0 Å². The van der Waals surface area contributed by atoms with Gasteiger partial charge in [0.25, 0.3) is 0 Å². The van der Waals surface area contributed by atoms with Crippen molar-refractivity contribution in [1.29, 1.82) is 0 Å². The first-order valence-electron chi connectivity index (χ1n) is 7.61. The van der Waals surface area contributed by atoms with E-state index in [2.05, 4.69) is 22.9 Å². The van der Waals surface area contributed by atoms with E-state index in [1.165, 1.54) is 11.6 Å². The molecule has 2 aromatic carbocycles. The Labute approximate surface area is 130 Å². The third kappa shape index (κ3) is 2.93. The van der Waals surface area contributed by atoms with Gasteiger partial charge in [0.2, 0.25) is 0 Å². The number of hydrogen-bond donors (Lipinski definition) is 0. The molecule has 2 nitrogen and oxygen atoms in total. The predicted octanol–water partition coefficient (Wildman–Crippen LogP) is 4.79. The van der Waals surface area contributed by atoms with E-state index < -0.39 is 0 Å². The maximum Gasteiger partial charge on any atom is 0.146 e. The van der Waals surface area contributed by atoms with Gasteiger partial charge in [-0.05, 0) is 36.2 Å². The summed E-state index contributed by atoms with van der Waals surface area (Å²) in [6.45, 7) is 3.61. The van der Waals surface area contributed by atoms with Gasteiger partial charge in [-0.2, -0.15) is 0 Å². The second kappa shape index (κ2) is 6.56. The van der Waals surface area contributed by atoms with Gasteiger partial charge >= 0.3 is 0 Å². The summed E-state index contributed by atoms with van der Waals surface area (Å²) >= 11 is 0. The van der Waals surface area contributed by atoms with Gasteiger partial charge in [-0.3, -0.25) is 4.98 Å². The molecular formula is C19H19FN2. The molecule has 0 saturated carbocycles. The fraction of sp³-hybridized carbons (Fsp3) is 0.211. The van der Waals surface area contributed by atoms with Gasteiger partial charge in [0.05, 0.1) is 11.2 Å². The summed E-state index contributed by atoms with van der Waals surface area (Å²) in [4.78, 5) is 6.49. The van der Waals surface area contributed by atoms with Crippen LogP contribution in [0.5, 0.6) is 0 Å². The number of fused-ring (bicyclic) bond motifs is 1. The molecule has 0 aliphatic carbocycles. The quantitative estimate of drug-likeness (QED) is 0.672.